The van der Waals surface area contributed by atoms with Gasteiger partial charge in [-0.2, -0.15) is 0 Å². The van der Waals surface area contributed by atoms with Crippen LogP contribution in [-0.2, 0) is 0 Å². The average Bonchev–Trinajstić information content (AvgIpc) is 3.98. The summed E-state index contributed by atoms with van der Waals surface area (Å²) in [5, 5.41) is 8.01. The van der Waals surface area contributed by atoms with Gasteiger partial charge < -0.3 is 8.98 Å². The van der Waals surface area contributed by atoms with Crippen molar-refractivity contribution in [1.29, 1.82) is 0 Å². The lowest BCUT2D eigenvalue weighted by Crippen LogP contribution is -1.98. The molecule has 0 fully saturated rings. The van der Waals surface area contributed by atoms with Crippen LogP contribution in [-0.4, -0.2) is 19.5 Å². The summed E-state index contributed by atoms with van der Waals surface area (Å²) in [5.41, 5.74) is 17.2. The molecule has 0 atom stereocenters. The molecule has 14 rings (SSSR count). The van der Waals surface area contributed by atoms with E-state index >= 15 is 0 Å². The maximum atomic E-state index is 6.63. The largest absolute Gasteiger partial charge is 0.456 e. The first kappa shape index (κ1) is 39.7. The van der Waals surface area contributed by atoms with Crippen LogP contribution in [0, 0.1) is 0 Å². The minimum atomic E-state index is 0.676. The van der Waals surface area contributed by atoms with Crippen LogP contribution in [0.15, 0.2) is 247 Å². The molecule has 0 spiro atoms. The van der Waals surface area contributed by atoms with Gasteiger partial charge in [-0.05, 0) is 71.3 Å². The Morgan fingerprint density at radius 2 is 0.871 bits per heavy atom. The second-order valence-electron chi connectivity index (χ2n) is 17.9. The number of pyridine rings is 1. The third-order valence-corrected chi connectivity index (χ3v) is 13.8. The molecule has 0 radical (unpaired) electrons. The Bertz CT molecular complexity index is 4290. The third kappa shape index (κ3) is 6.51. The van der Waals surface area contributed by atoms with Crippen LogP contribution in [0.1, 0.15) is 0 Å². The number of aromatic nitrogens is 4. The number of furan rings is 1. The fourth-order valence-electron chi connectivity index (χ4n) is 10.6. The summed E-state index contributed by atoms with van der Waals surface area (Å²) in [6.45, 7) is 0. The van der Waals surface area contributed by atoms with Gasteiger partial charge in [0.15, 0.2) is 5.82 Å². The molecule has 5 heteroatoms. The Morgan fingerprint density at radius 3 is 1.60 bits per heavy atom. The fraction of sp³-hybridized carbons (Fsp3) is 0. The van der Waals surface area contributed by atoms with E-state index in [2.05, 4.69) is 223 Å². The highest BCUT2D eigenvalue weighted by Gasteiger charge is 2.22. The average molecular weight is 893 g/mol. The van der Waals surface area contributed by atoms with Gasteiger partial charge in [-0.25, -0.2) is 15.0 Å². The third-order valence-electron chi connectivity index (χ3n) is 13.8. The van der Waals surface area contributed by atoms with Crippen molar-refractivity contribution in [2.24, 2.45) is 0 Å². The van der Waals surface area contributed by atoms with Crippen molar-refractivity contribution in [3.8, 4) is 73.1 Å². The maximum absolute atomic E-state index is 6.63. The van der Waals surface area contributed by atoms with Gasteiger partial charge in [0.05, 0.1) is 33.6 Å². The molecule has 4 heterocycles. The molecule has 0 amide bonds. The SMILES string of the molecule is c1ccc(-c2nc(-c3cccc(-c4ccc(-c5nc6ccccc6c6c(-c7ccccc7)c7c(cc56)oc5ccccc57)cc4)c3)cc(-c3cccc(-n4c5ccccc5c5ccccc54)c3)n2)cc1. The molecule has 0 bridgehead atoms. The Labute approximate surface area is 403 Å². The number of benzene rings is 10. The van der Waals surface area contributed by atoms with E-state index in [9.17, 15) is 0 Å². The summed E-state index contributed by atoms with van der Waals surface area (Å²) in [4.78, 5) is 15.8. The quantitative estimate of drug-likeness (QED) is 0.150. The lowest BCUT2D eigenvalue weighted by atomic mass is 9.89. The zero-order valence-electron chi connectivity index (χ0n) is 37.8. The lowest BCUT2D eigenvalue weighted by Gasteiger charge is -2.16. The van der Waals surface area contributed by atoms with Crippen LogP contribution < -0.4 is 0 Å². The highest BCUT2D eigenvalue weighted by Crippen LogP contribution is 2.46. The molecule has 0 unspecified atom stereocenters. The first-order valence-electron chi connectivity index (χ1n) is 23.7. The first-order chi connectivity index (χ1) is 34.7. The van der Waals surface area contributed by atoms with Gasteiger partial charge in [-0.15, -0.1) is 0 Å². The van der Waals surface area contributed by atoms with Gasteiger partial charge in [0.1, 0.15) is 11.2 Å². The number of para-hydroxylation sites is 4. The molecule has 14 aromatic rings. The molecule has 10 aromatic carbocycles. The van der Waals surface area contributed by atoms with Gasteiger partial charge in [0.2, 0.25) is 0 Å². The Hall–Kier alpha value is -9.45. The molecular formula is C65H40N4O. The minimum absolute atomic E-state index is 0.676. The molecule has 0 saturated carbocycles. The predicted octanol–water partition coefficient (Wildman–Crippen LogP) is 17.2. The minimum Gasteiger partial charge on any atom is -0.456 e. The second-order valence-corrected chi connectivity index (χ2v) is 17.9. The Kier molecular flexibility index (Phi) is 9.14. The zero-order chi connectivity index (χ0) is 46.1. The second kappa shape index (κ2) is 16.1. The normalized spacial score (nSPS) is 11.7. The molecule has 4 aromatic heterocycles. The highest BCUT2D eigenvalue weighted by atomic mass is 16.3. The number of fused-ring (bicyclic) bond motifs is 9. The topological polar surface area (TPSA) is 56.7 Å². The van der Waals surface area contributed by atoms with Crippen LogP contribution in [0.4, 0.5) is 0 Å². The number of rotatable bonds is 7. The summed E-state index contributed by atoms with van der Waals surface area (Å²) >= 11 is 0. The van der Waals surface area contributed by atoms with Crippen LogP contribution in [0.2, 0.25) is 0 Å². The molecular weight excluding hydrogens is 853 g/mol. The van der Waals surface area contributed by atoms with E-state index in [1.165, 1.54) is 27.2 Å². The van der Waals surface area contributed by atoms with Gasteiger partial charge in [0.25, 0.3) is 0 Å². The van der Waals surface area contributed by atoms with Crippen LogP contribution in [0.25, 0.3) is 139 Å². The van der Waals surface area contributed by atoms with Crippen molar-refractivity contribution in [3.63, 3.8) is 0 Å². The highest BCUT2D eigenvalue weighted by molar-refractivity contribution is 6.27. The predicted molar refractivity (Wildman–Crippen MR) is 289 cm³/mol. The first-order valence-corrected chi connectivity index (χ1v) is 23.7. The Morgan fingerprint density at radius 1 is 0.314 bits per heavy atom. The Balaban J connectivity index is 0.880. The summed E-state index contributed by atoms with van der Waals surface area (Å²) in [5.74, 6) is 0.676. The van der Waals surface area contributed by atoms with Crippen molar-refractivity contribution >= 4 is 65.4 Å². The summed E-state index contributed by atoms with van der Waals surface area (Å²) in [6.07, 6.45) is 0. The molecule has 70 heavy (non-hydrogen) atoms. The molecule has 0 aliphatic carbocycles. The van der Waals surface area contributed by atoms with E-state index in [1.54, 1.807) is 0 Å². The molecule has 0 aliphatic heterocycles. The van der Waals surface area contributed by atoms with Crippen molar-refractivity contribution in [2.45, 2.75) is 0 Å². The van der Waals surface area contributed by atoms with Crippen LogP contribution in [0.3, 0.4) is 0 Å². The maximum Gasteiger partial charge on any atom is 0.160 e. The van der Waals surface area contributed by atoms with E-state index in [0.717, 1.165) is 106 Å². The van der Waals surface area contributed by atoms with E-state index in [4.69, 9.17) is 19.4 Å². The monoisotopic (exact) mass is 892 g/mol. The number of hydrogen-bond donors (Lipinski definition) is 0. The summed E-state index contributed by atoms with van der Waals surface area (Å²) in [7, 11) is 0. The van der Waals surface area contributed by atoms with Gasteiger partial charge in [-0.3, -0.25) is 0 Å². The van der Waals surface area contributed by atoms with E-state index in [0.29, 0.717) is 5.82 Å². The van der Waals surface area contributed by atoms with Crippen molar-refractivity contribution in [1.82, 2.24) is 19.5 Å². The molecule has 0 N–H and O–H groups in total. The summed E-state index contributed by atoms with van der Waals surface area (Å²) < 4.78 is 8.98. The number of nitrogens with zero attached hydrogens (tertiary/aromatic N) is 4. The van der Waals surface area contributed by atoms with Crippen LogP contribution >= 0.6 is 0 Å². The molecule has 326 valence electrons. The smallest absolute Gasteiger partial charge is 0.160 e. The van der Waals surface area contributed by atoms with Gasteiger partial charge in [-0.1, -0.05) is 188 Å². The van der Waals surface area contributed by atoms with E-state index in [1.807, 2.05) is 24.3 Å². The molecule has 0 aliphatic rings. The van der Waals surface area contributed by atoms with Crippen molar-refractivity contribution < 1.29 is 4.42 Å². The van der Waals surface area contributed by atoms with E-state index in [-0.39, 0.29) is 0 Å². The van der Waals surface area contributed by atoms with Crippen molar-refractivity contribution in [2.75, 3.05) is 0 Å². The zero-order valence-corrected chi connectivity index (χ0v) is 37.8. The summed E-state index contributed by atoms with van der Waals surface area (Å²) in [6, 6.07) is 85.5. The fourth-order valence-corrected chi connectivity index (χ4v) is 10.6. The molecule has 5 nitrogen and oxygen atoms in total. The van der Waals surface area contributed by atoms with Crippen molar-refractivity contribution in [3.05, 3.63) is 243 Å². The van der Waals surface area contributed by atoms with Crippen LogP contribution in [0.5, 0.6) is 0 Å². The van der Waals surface area contributed by atoms with E-state index < -0.39 is 0 Å². The lowest BCUT2D eigenvalue weighted by molar-refractivity contribution is 0.669. The standard InChI is InChI=1S/C65H40N4O/c1-3-17-42(18-4-1)61-62-51-27-7-11-29-54(51)66-64(53(62)39-60-63(61)52-28-10-14-32-59(52)70-60)43-35-33-41(34-36-43)45-21-15-22-46(37-45)55-40-56(68-65(67-55)44-19-5-2-6-20-44)47-23-16-24-48(38-47)69-57-30-12-8-25-49(57)50-26-9-13-31-58(50)69/h1-40H. The molecule has 0 saturated heterocycles. The van der Waals surface area contributed by atoms with Gasteiger partial charge >= 0.3 is 0 Å². The van der Waals surface area contributed by atoms with Gasteiger partial charge in [0, 0.05) is 71.2 Å². The number of hydrogen-bond acceptors (Lipinski definition) is 4.